The number of hydrogen-bond acceptors (Lipinski definition) is 4. The molecule has 0 aliphatic carbocycles. The summed E-state index contributed by atoms with van der Waals surface area (Å²) in [6.45, 7) is 6.96. The SMILES string of the molecule is COc1ccc(NC(=O)OC(C)(C)C)cc1CCC(C)=O. The number of amides is 1. The molecule has 5 nitrogen and oxygen atoms in total. The van der Waals surface area contributed by atoms with Crippen molar-refractivity contribution in [3.05, 3.63) is 23.8 Å². The lowest BCUT2D eigenvalue weighted by Gasteiger charge is -2.20. The molecule has 0 atom stereocenters. The summed E-state index contributed by atoms with van der Waals surface area (Å²) in [6.07, 6.45) is 0.499. The molecule has 0 aliphatic rings. The van der Waals surface area contributed by atoms with Gasteiger partial charge < -0.3 is 14.3 Å². The van der Waals surface area contributed by atoms with E-state index in [1.54, 1.807) is 53.0 Å². The van der Waals surface area contributed by atoms with Gasteiger partial charge in [0.15, 0.2) is 0 Å². The Balaban J connectivity index is 2.82. The fraction of sp³-hybridized carbons (Fsp3) is 0.500. The van der Waals surface area contributed by atoms with Crippen LogP contribution in [-0.2, 0) is 16.0 Å². The number of rotatable bonds is 5. The third kappa shape index (κ3) is 6.29. The van der Waals surface area contributed by atoms with Crippen molar-refractivity contribution in [3.8, 4) is 5.75 Å². The number of carbonyl (C=O) groups excluding carboxylic acids is 2. The second-order valence-corrected chi connectivity index (χ2v) is 5.86. The molecule has 0 saturated heterocycles. The van der Waals surface area contributed by atoms with E-state index in [0.29, 0.717) is 24.3 Å². The number of aryl methyl sites for hydroxylation is 1. The van der Waals surface area contributed by atoms with Crippen molar-refractivity contribution in [3.63, 3.8) is 0 Å². The Bertz CT molecular complexity index is 517. The molecule has 0 aromatic heterocycles. The van der Waals surface area contributed by atoms with Gasteiger partial charge in [0.1, 0.15) is 17.1 Å². The highest BCUT2D eigenvalue weighted by Crippen LogP contribution is 2.24. The van der Waals surface area contributed by atoms with Crippen molar-refractivity contribution < 1.29 is 19.1 Å². The Morgan fingerprint density at radius 2 is 1.90 bits per heavy atom. The van der Waals surface area contributed by atoms with E-state index in [4.69, 9.17) is 9.47 Å². The molecule has 0 radical (unpaired) electrons. The molecule has 1 amide bonds. The highest BCUT2D eigenvalue weighted by atomic mass is 16.6. The van der Waals surface area contributed by atoms with Crippen molar-refractivity contribution in [1.29, 1.82) is 0 Å². The first-order valence-electron chi connectivity index (χ1n) is 6.87. The van der Waals surface area contributed by atoms with Crippen LogP contribution >= 0.6 is 0 Å². The number of anilines is 1. The minimum absolute atomic E-state index is 0.113. The quantitative estimate of drug-likeness (QED) is 0.901. The summed E-state index contributed by atoms with van der Waals surface area (Å²) in [5, 5.41) is 2.68. The van der Waals surface area contributed by atoms with E-state index in [2.05, 4.69) is 5.32 Å². The molecule has 1 aromatic rings. The van der Waals surface area contributed by atoms with Gasteiger partial charge in [-0.3, -0.25) is 5.32 Å². The molecular weight excluding hydrogens is 270 g/mol. The van der Waals surface area contributed by atoms with Gasteiger partial charge in [0.25, 0.3) is 0 Å². The number of hydrogen-bond donors (Lipinski definition) is 1. The molecule has 0 unspecified atom stereocenters. The summed E-state index contributed by atoms with van der Waals surface area (Å²) >= 11 is 0. The van der Waals surface area contributed by atoms with E-state index < -0.39 is 11.7 Å². The Morgan fingerprint density at radius 1 is 1.24 bits per heavy atom. The molecule has 1 rings (SSSR count). The zero-order valence-corrected chi connectivity index (χ0v) is 13.3. The lowest BCUT2D eigenvalue weighted by atomic mass is 10.1. The number of ketones is 1. The van der Waals surface area contributed by atoms with Crippen LogP contribution in [0.1, 0.15) is 39.7 Å². The Morgan fingerprint density at radius 3 is 2.43 bits per heavy atom. The first-order chi connectivity index (χ1) is 9.71. The van der Waals surface area contributed by atoms with E-state index in [0.717, 1.165) is 5.56 Å². The summed E-state index contributed by atoms with van der Waals surface area (Å²) in [7, 11) is 1.58. The van der Waals surface area contributed by atoms with Gasteiger partial charge in [-0.25, -0.2) is 4.79 Å². The molecule has 5 heteroatoms. The van der Waals surface area contributed by atoms with Gasteiger partial charge in [0.05, 0.1) is 7.11 Å². The largest absolute Gasteiger partial charge is 0.496 e. The smallest absolute Gasteiger partial charge is 0.412 e. The average Bonchev–Trinajstić information content (AvgIpc) is 2.34. The van der Waals surface area contributed by atoms with Crippen LogP contribution in [0.15, 0.2) is 18.2 Å². The highest BCUT2D eigenvalue weighted by Gasteiger charge is 2.16. The van der Waals surface area contributed by atoms with Gasteiger partial charge in [-0.15, -0.1) is 0 Å². The number of Topliss-reactive ketones (excluding diaryl/α,β-unsaturated/α-hetero) is 1. The molecule has 1 aromatic carbocycles. The first kappa shape index (κ1) is 17.0. The van der Waals surface area contributed by atoms with Crippen LogP contribution in [0, 0.1) is 0 Å². The fourth-order valence-corrected chi connectivity index (χ4v) is 1.78. The second-order valence-electron chi connectivity index (χ2n) is 5.86. The topological polar surface area (TPSA) is 64.6 Å². The second kappa shape index (κ2) is 7.11. The van der Waals surface area contributed by atoms with Crippen LogP contribution in [0.5, 0.6) is 5.75 Å². The fourth-order valence-electron chi connectivity index (χ4n) is 1.78. The predicted molar refractivity (Wildman–Crippen MR) is 81.9 cm³/mol. The minimum Gasteiger partial charge on any atom is -0.496 e. The van der Waals surface area contributed by atoms with Gasteiger partial charge >= 0.3 is 6.09 Å². The molecule has 21 heavy (non-hydrogen) atoms. The summed E-state index contributed by atoms with van der Waals surface area (Å²) in [5.41, 5.74) is 0.943. The maximum absolute atomic E-state index is 11.7. The van der Waals surface area contributed by atoms with Gasteiger partial charge in [-0.05, 0) is 57.9 Å². The van der Waals surface area contributed by atoms with E-state index in [1.165, 1.54) is 0 Å². The van der Waals surface area contributed by atoms with Crippen molar-refractivity contribution in [1.82, 2.24) is 0 Å². The van der Waals surface area contributed by atoms with Crippen molar-refractivity contribution in [2.45, 2.75) is 46.1 Å². The van der Waals surface area contributed by atoms with Crippen molar-refractivity contribution in [2.75, 3.05) is 12.4 Å². The maximum atomic E-state index is 11.7. The summed E-state index contributed by atoms with van der Waals surface area (Å²) in [4.78, 5) is 22.8. The van der Waals surface area contributed by atoms with Crippen molar-refractivity contribution in [2.24, 2.45) is 0 Å². The van der Waals surface area contributed by atoms with Crippen LogP contribution < -0.4 is 10.1 Å². The molecule has 0 aliphatic heterocycles. The number of nitrogens with one attached hydrogen (secondary N) is 1. The number of ether oxygens (including phenoxy) is 2. The van der Waals surface area contributed by atoms with Crippen LogP contribution in [0.25, 0.3) is 0 Å². The molecule has 0 spiro atoms. The van der Waals surface area contributed by atoms with Gasteiger partial charge in [0.2, 0.25) is 0 Å². The van der Waals surface area contributed by atoms with Gasteiger partial charge in [-0.2, -0.15) is 0 Å². The number of methoxy groups -OCH3 is 1. The van der Waals surface area contributed by atoms with Crippen LogP contribution in [0.4, 0.5) is 10.5 Å². The maximum Gasteiger partial charge on any atom is 0.412 e. The number of benzene rings is 1. The molecular formula is C16H23NO4. The molecule has 0 heterocycles. The normalized spacial score (nSPS) is 10.9. The average molecular weight is 293 g/mol. The van der Waals surface area contributed by atoms with Crippen LogP contribution in [0.2, 0.25) is 0 Å². The summed E-state index contributed by atoms with van der Waals surface area (Å²) in [5.74, 6) is 0.813. The predicted octanol–water partition coefficient (Wildman–Crippen LogP) is 3.56. The Hall–Kier alpha value is -2.04. The van der Waals surface area contributed by atoms with Gasteiger partial charge in [0, 0.05) is 12.1 Å². The van der Waals surface area contributed by atoms with E-state index in [9.17, 15) is 9.59 Å². The van der Waals surface area contributed by atoms with E-state index in [1.807, 2.05) is 0 Å². The lowest BCUT2D eigenvalue weighted by molar-refractivity contribution is -0.116. The summed E-state index contributed by atoms with van der Waals surface area (Å²) < 4.78 is 10.5. The Kier molecular flexibility index (Phi) is 5.76. The third-order valence-corrected chi connectivity index (χ3v) is 2.67. The molecule has 0 bridgehead atoms. The lowest BCUT2D eigenvalue weighted by Crippen LogP contribution is -2.27. The monoisotopic (exact) mass is 293 g/mol. The van der Waals surface area contributed by atoms with Gasteiger partial charge in [-0.1, -0.05) is 0 Å². The van der Waals surface area contributed by atoms with Crippen LogP contribution in [0.3, 0.4) is 0 Å². The molecule has 1 N–H and O–H groups in total. The van der Waals surface area contributed by atoms with Crippen molar-refractivity contribution >= 4 is 17.6 Å². The standard InChI is InChI=1S/C16H23NO4/c1-11(18)6-7-12-10-13(8-9-14(12)20-5)17-15(19)21-16(2,3)4/h8-10H,6-7H2,1-5H3,(H,17,19). The minimum atomic E-state index is -0.548. The van der Waals surface area contributed by atoms with E-state index >= 15 is 0 Å². The highest BCUT2D eigenvalue weighted by molar-refractivity contribution is 5.85. The molecule has 116 valence electrons. The molecule has 0 saturated carbocycles. The summed E-state index contributed by atoms with van der Waals surface area (Å²) in [6, 6.07) is 5.30. The zero-order valence-electron chi connectivity index (χ0n) is 13.3. The molecule has 0 fully saturated rings. The zero-order chi connectivity index (χ0) is 16.0. The number of carbonyl (C=O) groups is 2. The third-order valence-electron chi connectivity index (χ3n) is 2.67. The van der Waals surface area contributed by atoms with Crippen LogP contribution in [-0.4, -0.2) is 24.6 Å². The van der Waals surface area contributed by atoms with E-state index in [-0.39, 0.29) is 5.78 Å². The Labute approximate surface area is 125 Å². The first-order valence-corrected chi connectivity index (χ1v) is 6.87.